The number of carbonyl (C=O) groups excluding carboxylic acids is 1. The van der Waals surface area contributed by atoms with Gasteiger partial charge in [0.1, 0.15) is 12.3 Å². The van der Waals surface area contributed by atoms with Crippen LogP contribution in [0.1, 0.15) is 43.4 Å². The highest BCUT2D eigenvalue weighted by atomic mass is 32.2. The summed E-state index contributed by atoms with van der Waals surface area (Å²) in [6.45, 7) is 9.94. The Hall–Kier alpha value is -3.32. The van der Waals surface area contributed by atoms with E-state index in [1.807, 2.05) is 39.0 Å². The maximum atomic E-state index is 13.6. The third-order valence-corrected chi connectivity index (χ3v) is 7.31. The number of rotatable bonds is 9. The van der Waals surface area contributed by atoms with Gasteiger partial charge in [-0.3, -0.25) is 9.10 Å². The van der Waals surface area contributed by atoms with Crippen molar-refractivity contribution in [2.45, 2.75) is 45.4 Å². The Morgan fingerprint density at radius 2 is 1.62 bits per heavy atom. The molecule has 0 aliphatic heterocycles. The fourth-order valence-corrected chi connectivity index (χ4v) is 5.10. The molecule has 0 saturated heterocycles. The van der Waals surface area contributed by atoms with Crippen LogP contribution >= 0.6 is 0 Å². The molecule has 1 amide bonds. The van der Waals surface area contributed by atoms with Gasteiger partial charge in [0.05, 0.1) is 17.2 Å². The maximum Gasteiger partial charge on any atom is 0.264 e. The van der Waals surface area contributed by atoms with Crippen LogP contribution in [0.15, 0.2) is 71.6 Å². The molecule has 0 unspecified atom stereocenters. The topological polar surface area (TPSA) is 75.7 Å². The van der Waals surface area contributed by atoms with Gasteiger partial charge in [-0.2, -0.15) is 0 Å². The molecule has 0 fully saturated rings. The Balaban J connectivity index is 1.97. The number of hydrogen-bond acceptors (Lipinski definition) is 4. The van der Waals surface area contributed by atoms with Gasteiger partial charge in [0.15, 0.2) is 0 Å². The van der Waals surface area contributed by atoms with Gasteiger partial charge in [0.25, 0.3) is 10.0 Å². The van der Waals surface area contributed by atoms with Gasteiger partial charge in [0.2, 0.25) is 5.91 Å². The van der Waals surface area contributed by atoms with Crippen molar-refractivity contribution in [3.63, 3.8) is 0 Å². The number of ether oxygens (including phenoxy) is 1. The van der Waals surface area contributed by atoms with Crippen molar-refractivity contribution in [2.75, 3.05) is 22.8 Å². The third kappa shape index (κ3) is 5.78. The molecule has 180 valence electrons. The average molecular weight is 481 g/mol. The molecule has 0 radical (unpaired) electrons. The zero-order valence-corrected chi connectivity index (χ0v) is 21.1. The van der Waals surface area contributed by atoms with Crippen LogP contribution in [-0.2, 0) is 14.8 Å². The molecular weight excluding hydrogens is 448 g/mol. The van der Waals surface area contributed by atoms with Crippen molar-refractivity contribution < 1.29 is 17.9 Å². The first-order chi connectivity index (χ1) is 16.1. The van der Waals surface area contributed by atoms with Gasteiger partial charge in [-0.05, 0) is 74.2 Å². The molecule has 0 saturated carbocycles. The van der Waals surface area contributed by atoms with Gasteiger partial charge >= 0.3 is 0 Å². The van der Waals surface area contributed by atoms with E-state index < -0.39 is 15.9 Å². The number of nitrogens with zero attached hydrogens (tertiary/aromatic N) is 1. The molecule has 0 spiro atoms. The molecule has 3 aromatic rings. The Morgan fingerprint density at radius 1 is 0.971 bits per heavy atom. The summed E-state index contributed by atoms with van der Waals surface area (Å²) >= 11 is 0. The Morgan fingerprint density at radius 3 is 2.21 bits per heavy atom. The zero-order valence-electron chi connectivity index (χ0n) is 20.3. The number of nitrogens with one attached hydrogen (secondary N) is 1. The Bertz CT molecular complexity index is 1230. The van der Waals surface area contributed by atoms with E-state index in [2.05, 4.69) is 19.2 Å². The maximum absolute atomic E-state index is 13.6. The fourth-order valence-electron chi connectivity index (χ4n) is 3.68. The van der Waals surface area contributed by atoms with Crippen LogP contribution in [0.5, 0.6) is 5.75 Å². The second-order valence-electron chi connectivity index (χ2n) is 8.49. The number of benzene rings is 3. The van der Waals surface area contributed by atoms with E-state index in [0.717, 1.165) is 26.7 Å². The molecule has 34 heavy (non-hydrogen) atoms. The molecule has 6 nitrogen and oxygen atoms in total. The Labute approximate surface area is 202 Å². The predicted octanol–water partition coefficient (Wildman–Crippen LogP) is 5.66. The number of aryl methyl sites for hydroxylation is 2. The number of amides is 1. The molecule has 0 aliphatic rings. The number of sulfonamides is 1. The normalized spacial score (nSPS) is 11.4. The molecule has 1 N–H and O–H groups in total. The lowest BCUT2D eigenvalue weighted by Crippen LogP contribution is -2.38. The first kappa shape index (κ1) is 25.3. The van der Waals surface area contributed by atoms with Crippen LogP contribution in [0.3, 0.4) is 0 Å². The Kier molecular flexibility index (Phi) is 7.99. The van der Waals surface area contributed by atoms with Crippen molar-refractivity contribution in [2.24, 2.45) is 0 Å². The highest BCUT2D eigenvalue weighted by Gasteiger charge is 2.28. The van der Waals surface area contributed by atoms with Crippen molar-refractivity contribution in [3.8, 4) is 5.75 Å². The van der Waals surface area contributed by atoms with Crippen LogP contribution < -0.4 is 14.4 Å². The van der Waals surface area contributed by atoms with E-state index in [1.54, 1.807) is 48.5 Å². The zero-order chi connectivity index (χ0) is 24.9. The molecule has 0 heterocycles. The molecule has 7 heteroatoms. The SMILES string of the molecule is CCOc1ccc(N(CC(=O)Nc2c(C)cccc2C(C)C)S(=O)(=O)c2ccc(C)cc2)cc1. The second-order valence-corrected chi connectivity index (χ2v) is 10.4. The predicted molar refractivity (Wildman–Crippen MR) is 137 cm³/mol. The monoisotopic (exact) mass is 480 g/mol. The first-order valence-electron chi connectivity index (χ1n) is 11.3. The van der Waals surface area contributed by atoms with Crippen LogP contribution in [-0.4, -0.2) is 27.5 Å². The highest BCUT2D eigenvalue weighted by molar-refractivity contribution is 7.92. The summed E-state index contributed by atoms with van der Waals surface area (Å²) in [6, 6.07) is 19.2. The van der Waals surface area contributed by atoms with Crippen molar-refractivity contribution in [3.05, 3.63) is 83.4 Å². The summed E-state index contributed by atoms with van der Waals surface area (Å²) in [6.07, 6.45) is 0. The van der Waals surface area contributed by atoms with Crippen molar-refractivity contribution in [1.29, 1.82) is 0 Å². The minimum absolute atomic E-state index is 0.124. The lowest BCUT2D eigenvalue weighted by atomic mass is 9.98. The molecule has 0 bridgehead atoms. The third-order valence-electron chi connectivity index (χ3n) is 5.52. The molecular formula is C27H32N2O4S. The van der Waals surface area contributed by atoms with E-state index >= 15 is 0 Å². The van der Waals surface area contributed by atoms with E-state index in [0.29, 0.717) is 18.0 Å². The smallest absolute Gasteiger partial charge is 0.264 e. The lowest BCUT2D eigenvalue weighted by molar-refractivity contribution is -0.114. The number of carbonyl (C=O) groups is 1. The molecule has 3 rings (SSSR count). The second kappa shape index (κ2) is 10.7. The quantitative estimate of drug-likeness (QED) is 0.429. The summed E-state index contributed by atoms with van der Waals surface area (Å²) in [5.41, 5.74) is 3.98. The summed E-state index contributed by atoms with van der Waals surface area (Å²) in [4.78, 5) is 13.3. The summed E-state index contributed by atoms with van der Waals surface area (Å²) in [7, 11) is -3.99. The number of anilines is 2. The van der Waals surface area contributed by atoms with Crippen LogP contribution in [0.4, 0.5) is 11.4 Å². The summed E-state index contributed by atoms with van der Waals surface area (Å²) < 4.78 is 33.8. The van der Waals surface area contributed by atoms with Crippen molar-refractivity contribution >= 4 is 27.3 Å². The minimum Gasteiger partial charge on any atom is -0.494 e. The van der Waals surface area contributed by atoms with E-state index in [4.69, 9.17) is 4.74 Å². The van der Waals surface area contributed by atoms with Crippen LogP contribution in [0.2, 0.25) is 0 Å². The summed E-state index contributed by atoms with van der Waals surface area (Å²) in [5.74, 6) is 0.416. The average Bonchev–Trinajstić information content (AvgIpc) is 2.80. The molecule has 0 atom stereocenters. The minimum atomic E-state index is -3.99. The van der Waals surface area contributed by atoms with Gasteiger partial charge in [-0.25, -0.2) is 8.42 Å². The van der Waals surface area contributed by atoms with E-state index in [-0.39, 0.29) is 17.4 Å². The number of hydrogen-bond donors (Lipinski definition) is 1. The molecule has 0 aromatic heterocycles. The van der Waals surface area contributed by atoms with Gasteiger partial charge in [-0.1, -0.05) is 49.7 Å². The van der Waals surface area contributed by atoms with E-state index in [1.165, 1.54) is 0 Å². The first-order valence-corrected chi connectivity index (χ1v) is 12.8. The lowest BCUT2D eigenvalue weighted by Gasteiger charge is -2.25. The van der Waals surface area contributed by atoms with Crippen molar-refractivity contribution in [1.82, 2.24) is 0 Å². The van der Waals surface area contributed by atoms with E-state index in [9.17, 15) is 13.2 Å². The van der Waals surface area contributed by atoms with Gasteiger partial charge < -0.3 is 10.1 Å². The molecule has 3 aromatic carbocycles. The standard InChI is InChI=1S/C27H32N2O4S/c1-6-33-23-14-12-22(13-15-23)29(34(31,32)24-16-10-20(4)11-17-24)18-26(30)28-27-21(5)8-7-9-25(27)19(2)3/h7-17,19H,6,18H2,1-5H3,(H,28,30). The summed E-state index contributed by atoms with van der Waals surface area (Å²) in [5, 5.41) is 2.96. The van der Waals surface area contributed by atoms with Gasteiger partial charge in [0, 0.05) is 5.69 Å². The van der Waals surface area contributed by atoms with Gasteiger partial charge in [-0.15, -0.1) is 0 Å². The molecule has 0 aliphatic carbocycles. The fraction of sp³-hybridized carbons (Fsp3) is 0.296. The largest absolute Gasteiger partial charge is 0.494 e. The van der Waals surface area contributed by atoms with Crippen LogP contribution in [0.25, 0.3) is 0 Å². The highest BCUT2D eigenvalue weighted by Crippen LogP contribution is 2.29. The number of para-hydroxylation sites is 1. The van der Waals surface area contributed by atoms with Crippen LogP contribution in [0, 0.1) is 13.8 Å².